The molecule has 0 aliphatic rings. The fourth-order valence-electron chi connectivity index (χ4n) is 6.88. The lowest BCUT2D eigenvalue weighted by molar-refractivity contribution is 0.670. The molecular weight excluding hydrogens is 628 g/mol. The van der Waals surface area contributed by atoms with E-state index < -0.39 is 8.07 Å². The van der Waals surface area contributed by atoms with Crippen LogP contribution in [0.25, 0.3) is 44.2 Å². The van der Waals surface area contributed by atoms with Gasteiger partial charge in [-0.15, -0.1) is 0 Å². The molecule has 8 rings (SSSR count). The Morgan fingerprint density at radius 3 is 1.62 bits per heavy atom. The zero-order chi connectivity index (χ0) is 30.2. The Morgan fingerprint density at radius 2 is 0.956 bits per heavy atom. The Labute approximate surface area is 272 Å². The van der Waals surface area contributed by atoms with E-state index in [0.29, 0.717) is 0 Å². The molecule has 214 valence electrons. The van der Waals surface area contributed by atoms with Gasteiger partial charge in [-0.05, 0) is 61.7 Å². The summed E-state index contributed by atoms with van der Waals surface area (Å²) in [6.45, 7) is 0. The van der Waals surface area contributed by atoms with Crippen molar-refractivity contribution in [1.29, 1.82) is 0 Å². The highest BCUT2D eigenvalue weighted by Crippen LogP contribution is 2.37. The number of benzene rings is 7. The molecule has 0 aliphatic carbocycles. The lowest BCUT2D eigenvalue weighted by Crippen LogP contribution is -2.74. The standard InChI is InChI=1S/C42H29BrOSi/c43-33-27-32(30-14-12-15-31(26-30)38-23-13-24-40-39-22-10-11-25-41(39)44-42(38)40)28-37(29-33)45(34-16-4-1-5-17-34,35-18-6-2-7-19-35)36-20-8-3-9-21-36/h1-29H. The van der Waals surface area contributed by atoms with Crippen molar-refractivity contribution in [2.75, 3.05) is 0 Å². The first-order valence-corrected chi connectivity index (χ1v) is 18.0. The van der Waals surface area contributed by atoms with Gasteiger partial charge in [0.25, 0.3) is 0 Å². The molecule has 0 saturated heterocycles. The second-order valence-electron chi connectivity index (χ2n) is 11.4. The first-order valence-electron chi connectivity index (χ1n) is 15.2. The summed E-state index contributed by atoms with van der Waals surface area (Å²) in [5, 5.41) is 7.69. The van der Waals surface area contributed by atoms with E-state index in [2.05, 4.69) is 180 Å². The summed E-state index contributed by atoms with van der Waals surface area (Å²) in [6.07, 6.45) is 0. The molecule has 0 N–H and O–H groups in total. The molecule has 0 spiro atoms. The Bertz CT molecular complexity index is 2180. The molecule has 0 unspecified atom stereocenters. The van der Waals surface area contributed by atoms with Crippen molar-refractivity contribution >= 4 is 66.7 Å². The van der Waals surface area contributed by atoms with Crippen molar-refractivity contribution in [2.45, 2.75) is 0 Å². The van der Waals surface area contributed by atoms with Gasteiger partial charge in [0.05, 0.1) is 0 Å². The molecule has 1 heterocycles. The van der Waals surface area contributed by atoms with Crippen molar-refractivity contribution in [3.05, 3.63) is 180 Å². The van der Waals surface area contributed by atoms with Crippen LogP contribution in [0.5, 0.6) is 0 Å². The zero-order valence-electron chi connectivity index (χ0n) is 24.5. The topological polar surface area (TPSA) is 13.1 Å². The van der Waals surface area contributed by atoms with Gasteiger partial charge in [0.2, 0.25) is 0 Å². The highest BCUT2D eigenvalue weighted by Gasteiger charge is 2.41. The molecule has 3 heteroatoms. The van der Waals surface area contributed by atoms with Crippen LogP contribution in [0.3, 0.4) is 0 Å². The predicted octanol–water partition coefficient (Wildman–Crippen LogP) is 9.06. The van der Waals surface area contributed by atoms with Crippen molar-refractivity contribution < 1.29 is 4.42 Å². The Balaban J connectivity index is 1.34. The number of halogens is 1. The molecule has 0 atom stereocenters. The van der Waals surface area contributed by atoms with Gasteiger partial charge < -0.3 is 4.42 Å². The van der Waals surface area contributed by atoms with Gasteiger partial charge in [0.15, 0.2) is 8.07 Å². The summed E-state index contributed by atoms with van der Waals surface area (Å²) < 4.78 is 7.48. The molecule has 1 nitrogen and oxygen atoms in total. The Morgan fingerprint density at radius 1 is 0.400 bits per heavy atom. The third-order valence-corrected chi connectivity index (χ3v) is 14.1. The van der Waals surface area contributed by atoms with E-state index in [-0.39, 0.29) is 0 Å². The molecule has 0 fully saturated rings. The number of hydrogen-bond acceptors (Lipinski definition) is 1. The van der Waals surface area contributed by atoms with Crippen LogP contribution in [0, 0.1) is 0 Å². The monoisotopic (exact) mass is 656 g/mol. The highest BCUT2D eigenvalue weighted by atomic mass is 79.9. The van der Waals surface area contributed by atoms with Crippen LogP contribution in [0.2, 0.25) is 0 Å². The number of fused-ring (bicyclic) bond motifs is 3. The fraction of sp³-hybridized carbons (Fsp3) is 0. The van der Waals surface area contributed by atoms with E-state index in [4.69, 9.17) is 4.42 Å². The average molecular weight is 658 g/mol. The van der Waals surface area contributed by atoms with Crippen molar-refractivity contribution in [2.24, 2.45) is 0 Å². The largest absolute Gasteiger partial charge is 0.455 e. The molecule has 0 saturated carbocycles. The van der Waals surface area contributed by atoms with Gasteiger partial charge in [-0.25, -0.2) is 0 Å². The van der Waals surface area contributed by atoms with Crippen LogP contribution in [-0.2, 0) is 0 Å². The van der Waals surface area contributed by atoms with Gasteiger partial charge in [-0.3, -0.25) is 0 Å². The van der Waals surface area contributed by atoms with E-state index in [1.807, 2.05) is 12.1 Å². The van der Waals surface area contributed by atoms with E-state index in [9.17, 15) is 0 Å². The summed E-state index contributed by atoms with van der Waals surface area (Å²) in [6, 6.07) is 63.7. The molecular formula is C42H29BrOSi. The van der Waals surface area contributed by atoms with Crippen LogP contribution in [0.1, 0.15) is 0 Å². The number of hydrogen-bond donors (Lipinski definition) is 0. The highest BCUT2D eigenvalue weighted by molar-refractivity contribution is 9.10. The molecule has 45 heavy (non-hydrogen) atoms. The van der Waals surface area contributed by atoms with Crippen LogP contribution >= 0.6 is 15.9 Å². The van der Waals surface area contributed by atoms with Crippen LogP contribution in [0.15, 0.2) is 185 Å². The normalized spacial score (nSPS) is 11.7. The summed E-state index contributed by atoms with van der Waals surface area (Å²) >= 11 is 3.94. The first-order chi connectivity index (χ1) is 22.2. The van der Waals surface area contributed by atoms with Gasteiger partial charge in [-0.1, -0.05) is 168 Å². The van der Waals surface area contributed by atoms with Gasteiger partial charge >= 0.3 is 0 Å². The van der Waals surface area contributed by atoms with Gasteiger partial charge in [0.1, 0.15) is 11.2 Å². The molecule has 7 aromatic carbocycles. The summed E-state index contributed by atoms with van der Waals surface area (Å²) in [4.78, 5) is 0. The number of rotatable bonds is 6. The second kappa shape index (κ2) is 11.5. The van der Waals surface area contributed by atoms with Crippen molar-refractivity contribution in [1.82, 2.24) is 0 Å². The minimum atomic E-state index is -2.67. The smallest absolute Gasteiger partial charge is 0.179 e. The van der Waals surface area contributed by atoms with Crippen molar-refractivity contribution in [3.8, 4) is 22.3 Å². The minimum Gasteiger partial charge on any atom is -0.455 e. The Kier molecular flexibility index (Phi) is 7.06. The SMILES string of the molecule is Brc1cc(-c2cccc(-c3cccc4c3oc3ccccc34)c2)cc([Si](c2ccccc2)(c2ccccc2)c2ccccc2)c1. The molecule has 0 bridgehead atoms. The van der Waals surface area contributed by atoms with Crippen LogP contribution in [-0.4, -0.2) is 8.07 Å². The average Bonchev–Trinajstić information content (AvgIpc) is 3.49. The van der Waals surface area contributed by atoms with E-state index in [0.717, 1.165) is 37.5 Å². The lowest BCUT2D eigenvalue weighted by Gasteiger charge is -2.35. The maximum absolute atomic E-state index is 6.41. The maximum atomic E-state index is 6.41. The molecule has 0 aliphatic heterocycles. The van der Waals surface area contributed by atoms with Crippen molar-refractivity contribution in [3.63, 3.8) is 0 Å². The summed E-state index contributed by atoms with van der Waals surface area (Å²) in [5.41, 5.74) is 6.42. The number of furan rings is 1. The summed E-state index contributed by atoms with van der Waals surface area (Å²) in [5.74, 6) is 0. The minimum absolute atomic E-state index is 0.914. The maximum Gasteiger partial charge on any atom is 0.179 e. The predicted molar refractivity (Wildman–Crippen MR) is 196 cm³/mol. The zero-order valence-corrected chi connectivity index (χ0v) is 27.1. The quantitative estimate of drug-likeness (QED) is 0.129. The molecule has 8 aromatic rings. The van der Waals surface area contributed by atoms with Crippen LogP contribution < -0.4 is 20.7 Å². The lowest BCUT2D eigenvalue weighted by atomic mass is 9.98. The fourth-order valence-corrected chi connectivity index (χ4v) is 12.4. The molecule has 1 aromatic heterocycles. The van der Waals surface area contributed by atoms with E-state index in [1.54, 1.807) is 0 Å². The number of para-hydroxylation sites is 2. The van der Waals surface area contributed by atoms with Gasteiger partial charge in [-0.2, -0.15) is 0 Å². The Hall–Kier alpha value is -4.96. The van der Waals surface area contributed by atoms with Gasteiger partial charge in [0, 0.05) is 20.8 Å². The summed E-state index contributed by atoms with van der Waals surface area (Å²) in [7, 11) is -2.67. The van der Waals surface area contributed by atoms with E-state index in [1.165, 1.54) is 31.9 Å². The van der Waals surface area contributed by atoms with Crippen LogP contribution in [0.4, 0.5) is 0 Å². The third-order valence-electron chi connectivity index (χ3n) is 8.86. The first kappa shape index (κ1) is 27.6. The molecule has 0 radical (unpaired) electrons. The second-order valence-corrected chi connectivity index (χ2v) is 16.2. The third kappa shape index (κ3) is 4.76. The molecule has 0 amide bonds. The van der Waals surface area contributed by atoms with E-state index >= 15 is 0 Å².